The Bertz CT molecular complexity index is 1870. The van der Waals surface area contributed by atoms with Gasteiger partial charge in [0.1, 0.15) is 16.9 Å². The average Bonchev–Trinajstić information content (AvgIpc) is 3.51. The molecule has 0 radical (unpaired) electrons. The first kappa shape index (κ1) is 16.7. The highest BCUT2D eigenvalue weighted by Gasteiger charge is 2.14. The van der Waals surface area contributed by atoms with Crippen molar-refractivity contribution >= 4 is 75.8 Å². The molecule has 0 atom stereocenters. The summed E-state index contributed by atoms with van der Waals surface area (Å²) in [6.45, 7) is 0. The fourth-order valence-electron chi connectivity index (χ4n) is 4.04. The number of aromatic nitrogens is 7. The summed E-state index contributed by atoms with van der Waals surface area (Å²) in [7, 11) is 0. The lowest BCUT2D eigenvalue weighted by atomic mass is 10.1. The van der Waals surface area contributed by atoms with Crippen LogP contribution in [0.5, 0.6) is 0 Å². The van der Waals surface area contributed by atoms with E-state index in [1.54, 1.807) is 36.0 Å². The average molecular weight is 425 g/mol. The quantitative estimate of drug-likeness (QED) is 0.299. The van der Waals surface area contributed by atoms with Crippen LogP contribution in [0.25, 0.3) is 64.4 Å². The molecule has 6 heterocycles. The number of hydrogen-bond acceptors (Lipinski definition) is 5. The number of pyridine rings is 2. The number of rotatable bonds is 0. The molecular weight excluding hydrogens is 413 g/mol. The second-order valence-corrected chi connectivity index (χ2v) is 8.40. The van der Waals surface area contributed by atoms with Crippen LogP contribution in [-0.4, -0.2) is 35.1 Å². The van der Waals surface area contributed by atoms with Crippen LogP contribution in [0.3, 0.4) is 0 Å². The van der Waals surface area contributed by atoms with Gasteiger partial charge in [-0.1, -0.05) is 0 Å². The molecule has 0 saturated carbocycles. The minimum absolute atomic E-state index is 0.374. The Labute approximate surface area is 176 Å². The molecular formula is C22H12FN7S. The summed E-state index contributed by atoms with van der Waals surface area (Å²) in [6.07, 6.45) is 5.12. The van der Waals surface area contributed by atoms with Gasteiger partial charge in [0.15, 0.2) is 11.3 Å². The van der Waals surface area contributed by atoms with Crippen LogP contribution in [0.1, 0.15) is 0 Å². The molecule has 1 aromatic carbocycles. The van der Waals surface area contributed by atoms with Gasteiger partial charge in [-0.15, -0.1) is 11.3 Å². The topological polar surface area (TPSA) is 98.9 Å². The third kappa shape index (κ3) is 2.37. The number of nitrogens with zero attached hydrogens (tertiary/aromatic N) is 4. The van der Waals surface area contributed by atoms with Gasteiger partial charge < -0.3 is 9.97 Å². The molecule has 0 aliphatic rings. The zero-order valence-electron chi connectivity index (χ0n) is 15.8. The molecule has 6 aromatic heterocycles. The lowest BCUT2D eigenvalue weighted by Gasteiger charge is -1.99. The van der Waals surface area contributed by atoms with Gasteiger partial charge in [0, 0.05) is 33.3 Å². The Morgan fingerprint density at radius 1 is 0.903 bits per heavy atom. The Morgan fingerprint density at radius 3 is 2.84 bits per heavy atom. The summed E-state index contributed by atoms with van der Waals surface area (Å²) in [4.78, 5) is 21.0. The normalized spacial score (nSPS) is 12.0. The Balaban J connectivity index is 1.82. The lowest BCUT2D eigenvalue weighted by molar-refractivity contribution is 0.652. The maximum absolute atomic E-state index is 15.8. The number of fused-ring (bicyclic) bond motifs is 9. The highest BCUT2D eigenvalue weighted by molar-refractivity contribution is 7.23. The van der Waals surface area contributed by atoms with Crippen LogP contribution in [0, 0.1) is 5.82 Å². The summed E-state index contributed by atoms with van der Waals surface area (Å²) >= 11 is 1.60. The summed E-state index contributed by atoms with van der Waals surface area (Å²) in [5.41, 5.74) is 3.62. The van der Waals surface area contributed by atoms with Crippen LogP contribution in [0.4, 0.5) is 4.39 Å². The van der Waals surface area contributed by atoms with E-state index in [2.05, 4.69) is 30.1 Å². The van der Waals surface area contributed by atoms with Crippen molar-refractivity contribution in [3.8, 4) is 0 Å². The Kier molecular flexibility index (Phi) is 3.20. The summed E-state index contributed by atoms with van der Waals surface area (Å²) in [5, 5.41) is 9.74. The molecule has 148 valence electrons. The maximum atomic E-state index is 15.8. The van der Waals surface area contributed by atoms with Gasteiger partial charge >= 0.3 is 0 Å². The molecule has 0 saturated heterocycles. The van der Waals surface area contributed by atoms with E-state index in [0.717, 1.165) is 25.9 Å². The van der Waals surface area contributed by atoms with E-state index < -0.39 is 0 Å². The zero-order valence-corrected chi connectivity index (χ0v) is 16.6. The monoisotopic (exact) mass is 425 g/mol. The van der Waals surface area contributed by atoms with Crippen LogP contribution in [0.2, 0.25) is 0 Å². The highest BCUT2D eigenvalue weighted by Crippen LogP contribution is 2.30. The molecule has 0 unspecified atom stereocenters. The molecule has 7 rings (SSSR count). The number of hydrogen-bond donors (Lipinski definition) is 3. The largest absolute Gasteiger partial charge is 0.346 e. The van der Waals surface area contributed by atoms with Crippen molar-refractivity contribution in [2.24, 2.45) is 0 Å². The molecule has 0 fully saturated rings. The maximum Gasteiger partial charge on any atom is 0.161 e. The lowest BCUT2D eigenvalue weighted by Crippen LogP contribution is -1.83. The second-order valence-electron chi connectivity index (χ2n) is 7.31. The van der Waals surface area contributed by atoms with Crippen molar-refractivity contribution in [1.29, 1.82) is 0 Å². The van der Waals surface area contributed by atoms with E-state index in [9.17, 15) is 0 Å². The van der Waals surface area contributed by atoms with E-state index in [0.29, 0.717) is 38.5 Å². The van der Waals surface area contributed by atoms with E-state index in [4.69, 9.17) is 4.98 Å². The SMILES string of the molecule is Fc1c2ccc3[nH]nc(c4nc5c(nccc5c5ccc([nH]c6cncc2c6)s5)[nH]4)c13. The highest BCUT2D eigenvalue weighted by atomic mass is 32.1. The van der Waals surface area contributed by atoms with Crippen molar-refractivity contribution in [3.63, 3.8) is 0 Å². The Hall–Kier alpha value is -4.11. The van der Waals surface area contributed by atoms with Crippen LogP contribution >= 0.6 is 11.3 Å². The van der Waals surface area contributed by atoms with Gasteiger partial charge in [0.25, 0.3) is 0 Å². The van der Waals surface area contributed by atoms with E-state index in [-0.39, 0.29) is 5.82 Å². The van der Waals surface area contributed by atoms with Gasteiger partial charge in [-0.2, -0.15) is 5.10 Å². The predicted octanol–water partition coefficient (Wildman–Crippen LogP) is 5.50. The van der Waals surface area contributed by atoms with Crippen LogP contribution < -0.4 is 0 Å². The number of nitrogens with one attached hydrogen (secondary N) is 3. The van der Waals surface area contributed by atoms with Gasteiger partial charge in [0.05, 0.1) is 27.4 Å². The molecule has 31 heavy (non-hydrogen) atoms. The third-order valence-corrected chi connectivity index (χ3v) is 6.50. The molecule has 8 bridgehead atoms. The van der Waals surface area contributed by atoms with Crippen molar-refractivity contribution in [2.75, 3.05) is 0 Å². The number of H-pyrrole nitrogens is 3. The fraction of sp³-hybridized carbons (Fsp3) is 0. The smallest absolute Gasteiger partial charge is 0.161 e. The first-order valence-electron chi connectivity index (χ1n) is 9.59. The summed E-state index contributed by atoms with van der Waals surface area (Å²) < 4.78 is 16.8. The van der Waals surface area contributed by atoms with Gasteiger partial charge in [-0.25, -0.2) is 14.4 Å². The van der Waals surface area contributed by atoms with E-state index in [1.807, 2.05) is 30.3 Å². The molecule has 7 aromatic rings. The molecule has 3 N–H and O–H groups in total. The molecule has 0 amide bonds. The van der Waals surface area contributed by atoms with Crippen molar-refractivity contribution < 1.29 is 4.39 Å². The molecule has 0 aliphatic heterocycles. The van der Waals surface area contributed by atoms with Crippen molar-refractivity contribution in [2.45, 2.75) is 0 Å². The fourth-order valence-corrected chi connectivity index (χ4v) is 4.99. The van der Waals surface area contributed by atoms with E-state index >= 15 is 4.39 Å². The third-order valence-electron chi connectivity index (χ3n) is 5.46. The molecule has 0 aliphatic carbocycles. The minimum Gasteiger partial charge on any atom is -0.346 e. The molecule has 7 nitrogen and oxygen atoms in total. The number of thiophene rings is 1. The van der Waals surface area contributed by atoms with E-state index in [1.165, 1.54) is 0 Å². The first-order chi connectivity index (χ1) is 15.2. The summed E-state index contributed by atoms with van der Waals surface area (Å²) in [5.74, 6) is -0.374. The van der Waals surface area contributed by atoms with Gasteiger partial charge in [0.2, 0.25) is 0 Å². The standard InChI is InChI=1S/C22H12FN7S/c23-18-12-1-2-14-17(18)20(30-29-14)22-27-19-13(5-6-25-21(19)28-22)15-3-4-16(31-15)26-11-7-10(12)8-24-9-11/h1-9,26H,(H,29,30)(H,25,27,28). The van der Waals surface area contributed by atoms with Crippen molar-refractivity contribution in [3.05, 3.63) is 60.8 Å². The second kappa shape index (κ2) is 5.96. The van der Waals surface area contributed by atoms with Gasteiger partial charge in [-0.3, -0.25) is 10.1 Å². The number of benzene rings is 1. The minimum atomic E-state index is -0.374. The molecule has 9 heteroatoms. The van der Waals surface area contributed by atoms with Crippen LogP contribution in [0.15, 0.2) is 55.0 Å². The summed E-state index contributed by atoms with van der Waals surface area (Å²) in [6, 6.07) is 11.4. The van der Waals surface area contributed by atoms with Crippen LogP contribution in [-0.2, 0) is 0 Å². The predicted molar refractivity (Wildman–Crippen MR) is 121 cm³/mol. The molecule has 0 spiro atoms. The number of imidazole rings is 1. The number of aromatic amines is 3. The van der Waals surface area contributed by atoms with Crippen molar-refractivity contribution in [1.82, 2.24) is 35.1 Å². The van der Waals surface area contributed by atoms with Gasteiger partial charge in [-0.05, 0) is 36.4 Å². The zero-order chi connectivity index (χ0) is 20.5. The number of halogens is 1. The Morgan fingerprint density at radius 2 is 1.87 bits per heavy atom. The first-order valence-corrected chi connectivity index (χ1v) is 10.4.